The van der Waals surface area contributed by atoms with Gasteiger partial charge in [-0.25, -0.2) is 0 Å². The molecule has 0 aromatic heterocycles. The molecule has 0 saturated heterocycles. The molecule has 0 atom stereocenters. The number of hydrogen-bond donors (Lipinski definition) is 1. The van der Waals surface area contributed by atoms with E-state index in [1.807, 2.05) is 13.8 Å². The monoisotopic (exact) mass is 317 g/mol. The molecule has 0 fully saturated rings. The van der Waals surface area contributed by atoms with E-state index in [1.165, 1.54) is 0 Å². The van der Waals surface area contributed by atoms with E-state index in [1.54, 1.807) is 18.2 Å². The summed E-state index contributed by atoms with van der Waals surface area (Å²) in [5, 5.41) is 3.62. The third kappa shape index (κ3) is 4.32. The second kappa shape index (κ2) is 5.87. The molecule has 1 aromatic carbocycles. The van der Waals surface area contributed by atoms with E-state index in [0.717, 1.165) is 17.3 Å². The molecule has 17 heavy (non-hydrogen) atoms. The van der Waals surface area contributed by atoms with Crippen molar-refractivity contribution >= 4 is 33.4 Å². The maximum Gasteiger partial charge on any atom is 0.251 e. The van der Waals surface area contributed by atoms with Gasteiger partial charge in [0.25, 0.3) is 5.91 Å². The molecule has 4 heteroatoms. The highest BCUT2D eigenvalue weighted by molar-refractivity contribution is 9.10. The zero-order valence-electron chi connectivity index (χ0n) is 10.3. The normalized spacial score (nSPS) is 11.4. The topological polar surface area (TPSA) is 29.1 Å². The predicted octanol–water partition coefficient (Wildman–Crippen LogP) is 4.41. The van der Waals surface area contributed by atoms with E-state index in [9.17, 15) is 4.79 Å². The highest BCUT2D eigenvalue weighted by atomic mass is 79.9. The number of carbonyl (C=O) groups is 1. The quantitative estimate of drug-likeness (QED) is 0.875. The summed E-state index contributed by atoms with van der Waals surface area (Å²) in [5.41, 5.74) is 0.434. The van der Waals surface area contributed by atoms with Gasteiger partial charge in [0.2, 0.25) is 0 Å². The molecular weight excluding hydrogens is 302 g/mol. The first-order valence-corrected chi connectivity index (χ1v) is 6.80. The molecule has 0 spiro atoms. The molecule has 0 aliphatic heterocycles. The summed E-state index contributed by atoms with van der Waals surface area (Å²) in [6, 6.07) is 5.18. The summed E-state index contributed by atoms with van der Waals surface area (Å²) < 4.78 is 0.736. The van der Waals surface area contributed by atoms with Gasteiger partial charge in [0.1, 0.15) is 0 Å². The summed E-state index contributed by atoms with van der Waals surface area (Å²) in [6.07, 6.45) is 1.99. The van der Waals surface area contributed by atoms with E-state index in [2.05, 4.69) is 28.2 Å². The lowest BCUT2D eigenvalue weighted by molar-refractivity contribution is 0.0909. The van der Waals surface area contributed by atoms with Crippen molar-refractivity contribution in [2.75, 3.05) is 0 Å². The number of rotatable bonds is 4. The number of hydrogen-bond acceptors (Lipinski definition) is 1. The van der Waals surface area contributed by atoms with Crippen molar-refractivity contribution in [3.8, 4) is 0 Å². The van der Waals surface area contributed by atoms with E-state index >= 15 is 0 Å². The van der Waals surface area contributed by atoms with Crippen LogP contribution in [0, 0.1) is 0 Å². The van der Waals surface area contributed by atoms with E-state index in [4.69, 9.17) is 11.6 Å². The van der Waals surface area contributed by atoms with Crippen LogP contribution in [0.15, 0.2) is 22.7 Å². The molecule has 2 nitrogen and oxygen atoms in total. The van der Waals surface area contributed by atoms with Crippen LogP contribution in [-0.4, -0.2) is 11.4 Å². The van der Waals surface area contributed by atoms with Gasteiger partial charge < -0.3 is 5.32 Å². The molecule has 1 amide bonds. The zero-order chi connectivity index (χ0) is 13.1. The van der Waals surface area contributed by atoms with Gasteiger partial charge in [-0.2, -0.15) is 0 Å². The molecular formula is C13H17BrClNO. The lowest BCUT2D eigenvalue weighted by Gasteiger charge is -2.25. The van der Waals surface area contributed by atoms with Crippen LogP contribution in [0.5, 0.6) is 0 Å². The maximum absolute atomic E-state index is 12.0. The zero-order valence-corrected chi connectivity index (χ0v) is 12.7. The molecule has 0 radical (unpaired) electrons. The fraction of sp³-hybridized carbons (Fsp3) is 0.462. The Morgan fingerprint density at radius 3 is 2.65 bits per heavy atom. The van der Waals surface area contributed by atoms with E-state index < -0.39 is 0 Å². The Kier molecular flexibility index (Phi) is 5.02. The minimum atomic E-state index is -0.183. The SMILES string of the molecule is CCCC(C)(C)NC(=O)c1ccc(Cl)c(Br)c1. The highest BCUT2D eigenvalue weighted by Gasteiger charge is 2.20. The number of halogens is 2. The van der Waals surface area contributed by atoms with Crippen LogP contribution < -0.4 is 5.32 Å². The second-order valence-electron chi connectivity index (χ2n) is 4.72. The highest BCUT2D eigenvalue weighted by Crippen LogP contribution is 2.23. The first-order chi connectivity index (χ1) is 7.85. The molecule has 0 saturated carbocycles. The fourth-order valence-electron chi connectivity index (χ4n) is 1.70. The first kappa shape index (κ1) is 14.5. The third-order valence-electron chi connectivity index (χ3n) is 2.51. The minimum absolute atomic E-state index is 0.0687. The van der Waals surface area contributed by atoms with Gasteiger partial charge in [0.05, 0.1) is 5.02 Å². The number of benzene rings is 1. The summed E-state index contributed by atoms with van der Waals surface area (Å²) in [4.78, 5) is 12.0. The molecule has 94 valence electrons. The van der Waals surface area contributed by atoms with Crippen molar-refractivity contribution in [2.45, 2.75) is 39.2 Å². The van der Waals surface area contributed by atoms with Crippen LogP contribution in [0.2, 0.25) is 5.02 Å². The van der Waals surface area contributed by atoms with Gasteiger partial charge in [0.15, 0.2) is 0 Å². The van der Waals surface area contributed by atoms with Crippen molar-refractivity contribution < 1.29 is 4.79 Å². The van der Waals surface area contributed by atoms with Gasteiger partial charge in [-0.05, 0) is 54.4 Å². The van der Waals surface area contributed by atoms with Gasteiger partial charge in [-0.15, -0.1) is 0 Å². The average Bonchev–Trinajstić information content (AvgIpc) is 2.21. The number of carbonyl (C=O) groups excluding carboxylic acids is 1. The number of amides is 1. The van der Waals surface area contributed by atoms with Crippen molar-refractivity contribution in [1.82, 2.24) is 5.32 Å². The van der Waals surface area contributed by atoms with Gasteiger partial charge in [0, 0.05) is 15.6 Å². The third-order valence-corrected chi connectivity index (χ3v) is 3.72. The van der Waals surface area contributed by atoms with Crippen LogP contribution in [0.3, 0.4) is 0 Å². The average molecular weight is 319 g/mol. The van der Waals surface area contributed by atoms with Crippen LogP contribution in [0.1, 0.15) is 44.0 Å². The van der Waals surface area contributed by atoms with Crippen LogP contribution in [-0.2, 0) is 0 Å². The first-order valence-electron chi connectivity index (χ1n) is 5.63. The molecule has 1 aromatic rings. The van der Waals surface area contributed by atoms with Crippen LogP contribution in [0.25, 0.3) is 0 Å². The Morgan fingerprint density at radius 2 is 2.12 bits per heavy atom. The Balaban J connectivity index is 2.80. The minimum Gasteiger partial charge on any atom is -0.347 e. The lowest BCUT2D eigenvalue weighted by Crippen LogP contribution is -2.43. The standard InChI is InChI=1S/C13H17BrClNO/c1-4-7-13(2,3)16-12(17)9-5-6-11(15)10(14)8-9/h5-6,8H,4,7H2,1-3H3,(H,16,17). The number of nitrogens with one attached hydrogen (secondary N) is 1. The van der Waals surface area contributed by atoms with Gasteiger partial charge in [-0.1, -0.05) is 24.9 Å². The van der Waals surface area contributed by atoms with Crippen LogP contribution >= 0.6 is 27.5 Å². The summed E-state index contributed by atoms with van der Waals surface area (Å²) in [5.74, 6) is -0.0687. The van der Waals surface area contributed by atoms with Crippen molar-refractivity contribution in [2.24, 2.45) is 0 Å². The lowest BCUT2D eigenvalue weighted by atomic mass is 9.98. The molecule has 0 heterocycles. The summed E-state index contributed by atoms with van der Waals surface area (Å²) >= 11 is 9.20. The Labute approximate surface area is 116 Å². The van der Waals surface area contributed by atoms with Crippen molar-refractivity contribution in [3.63, 3.8) is 0 Å². The fourth-order valence-corrected chi connectivity index (χ4v) is 2.20. The van der Waals surface area contributed by atoms with Crippen molar-refractivity contribution in [3.05, 3.63) is 33.3 Å². The van der Waals surface area contributed by atoms with Gasteiger partial charge >= 0.3 is 0 Å². The van der Waals surface area contributed by atoms with Crippen molar-refractivity contribution in [1.29, 1.82) is 0 Å². The second-order valence-corrected chi connectivity index (χ2v) is 5.98. The van der Waals surface area contributed by atoms with E-state index in [0.29, 0.717) is 10.6 Å². The Hall–Kier alpha value is -0.540. The van der Waals surface area contributed by atoms with E-state index in [-0.39, 0.29) is 11.4 Å². The smallest absolute Gasteiger partial charge is 0.251 e. The Bertz CT molecular complexity index is 418. The molecule has 0 unspecified atom stereocenters. The van der Waals surface area contributed by atoms with Crippen LogP contribution in [0.4, 0.5) is 0 Å². The largest absolute Gasteiger partial charge is 0.347 e. The molecule has 0 bridgehead atoms. The molecule has 1 rings (SSSR count). The van der Waals surface area contributed by atoms with Gasteiger partial charge in [-0.3, -0.25) is 4.79 Å². The summed E-state index contributed by atoms with van der Waals surface area (Å²) in [6.45, 7) is 6.16. The molecule has 0 aliphatic carbocycles. The Morgan fingerprint density at radius 1 is 1.47 bits per heavy atom. The maximum atomic E-state index is 12.0. The predicted molar refractivity (Wildman–Crippen MR) is 75.6 cm³/mol. The molecule has 1 N–H and O–H groups in total. The molecule has 0 aliphatic rings. The summed E-state index contributed by atoms with van der Waals surface area (Å²) in [7, 11) is 0.